The fourth-order valence-electron chi connectivity index (χ4n) is 5.45. The first-order valence-corrected chi connectivity index (χ1v) is 11.9. The van der Waals surface area contributed by atoms with Crippen molar-refractivity contribution in [2.45, 2.75) is 69.2 Å². The van der Waals surface area contributed by atoms with Crippen LogP contribution in [0, 0.1) is 11.6 Å². The molecule has 0 radical (unpaired) electrons. The van der Waals surface area contributed by atoms with E-state index in [0.717, 1.165) is 38.5 Å². The number of halogens is 2. The lowest BCUT2D eigenvalue weighted by Gasteiger charge is -2.39. The topological polar surface area (TPSA) is 102 Å². The molecule has 10 heteroatoms. The van der Waals surface area contributed by atoms with Gasteiger partial charge in [-0.15, -0.1) is 0 Å². The second-order valence-electron chi connectivity index (χ2n) is 9.51. The number of carboxylic acids is 1. The van der Waals surface area contributed by atoms with Gasteiger partial charge in [0.2, 0.25) is 0 Å². The zero-order valence-electron chi connectivity index (χ0n) is 18.9. The third kappa shape index (κ3) is 4.05. The highest BCUT2D eigenvalue weighted by Crippen LogP contribution is 2.45. The lowest BCUT2D eigenvalue weighted by molar-refractivity contribution is 0.0145. The number of hydrogen-bond acceptors (Lipinski definition) is 7. The fourth-order valence-corrected chi connectivity index (χ4v) is 5.45. The smallest absolute Gasteiger partial charge is 0.356 e. The average molecular weight is 482 g/mol. The van der Waals surface area contributed by atoms with Gasteiger partial charge in [0.1, 0.15) is 28.9 Å². The Labute approximate surface area is 199 Å². The molecule has 35 heavy (non-hydrogen) atoms. The molecular weight excluding hydrogens is 458 g/mol. The molecule has 2 atom stereocenters. The second kappa shape index (κ2) is 8.67. The minimum atomic E-state index is -1.10. The van der Waals surface area contributed by atoms with E-state index in [1.54, 1.807) is 0 Å². The molecule has 2 bridgehead atoms. The van der Waals surface area contributed by atoms with Crippen molar-refractivity contribution in [3.8, 4) is 11.3 Å². The van der Waals surface area contributed by atoms with Crippen LogP contribution >= 0.6 is 0 Å². The summed E-state index contributed by atoms with van der Waals surface area (Å²) >= 11 is 0. The highest BCUT2D eigenvalue weighted by atomic mass is 19.1. The van der Waals surface area contributed by atoms with Gasteiger partial charge in [-0.3, -0.25) is 0 Å². The molecule has 1 aromatic carbocycles. The molecule has 3 aliphatic rings. The van der Waals surface area contributed by atoms with Gasteiger partial charge >= 0.3 is 5.97 Å². The number of ether oxygens (including phenoxy) is 1. The van der Waals surface area contributed by atoms with Crippen molar-refractivity contribution >= 4 is 11.8 Å². The molecule has 2 aromatic heterocycles. The maximum Gasteiger partial charge on any atom is 0.356 e. The molecule has 1 N–H and O–H groups in total. The molecule has 182 valence electrons. The maximum absolute atomic E-state index is 14.5. The highest BCUT2D eigenvalue weighted by Gasteiger charge is 2.42. The van der Waals surface area contributed by atoms with Gasteiger partial charge in [-0.25, -0.2) is 23.5 Å². The van der Waals surface area contributed by atoms with Gasteiger partial charge in [0.15, 0.2) is 5.69 Å². The predicted octanol–water partition coefficient (Wildman–Crippen LogP) is 4.70. The summed E-state index contributed by atoms with van der Waals surface area (Å²) in [6, 6.07) is 4.17. The van der Waals surface area contributed by atoms with Crippen LogP contribution < -0.4 is 4.90 Å². The van der Waals surface area contributed by atoms with Crippen LogP contribution in [0.25, 0.3) is 11.3 Å². The molecule has 2 unspecified atom stereocenters. The summed E-state index contributed by atoms with van der Waals surface area (Å²) in [7, 11) is 0. The minimum Gasteiger partial charge on any atom is -0.476 e. The standard InChI is InChI=1S/C25H24F2N4O4/c26-18-2-1-3-19(27)22(18)23-17(24(35-30-23)13-4-5-13)12-34-16-8-14-6-7-15(9-16)31(14)21-11-28-20(10-29-21)25(32)33/h1-3,10-11,13-16H,4-9,12H2,(H,32,33). The third-order valence-electron chi connectivity index (χ3n) is 7.24. The van der Waals surface area contributed by atoms with Crippen LogP contribution in [0.3, 0.4) is 0 Å². The molecule has 8 nitrogen and oxygen atoms in total. The number of aromatic carboxylic acids is 1. The first-order valence-electron chi connectivity index (χ1n) is 11.9. The van der Waals surface area contributed by atoms with Crippen LogP contribution in [0.15, 0.2) is 35.1 Å². The molecule has 0 spiro atoms. The number of hydrogen-bond donors (Lipinski definition) is 1. The van der Waals surface area contributed by atoms with E-state index in [-0.39, 0.29) is 47.7 Å². The Bertz CT molecular complexity index is 1230. The van der Waals surface area contributed by atoms with Gasteiger partial charge in [-0.2, -0.15) is 0 Å². The Morgan fingerprint density at radius 3 is 2.40 bits per heavy atom. The van der Waals surface area contributed by atoms with E-state index in [0.29, 0.717) is 17.1 Å². The minimum absolute atomic E-state index is 0.0322. The lowest BCUT2D eigenvalue weighted by Crippen LogP contribution is -2.46. The third-order valence-corrected chi connectivity index (χ3v) is 7.24. The number of nitrogens with zero attached hydrogens (tertiary/aromatic N) is 4. The van der Waals surface area contributed by atoms with Crippen LogP contribution in [0.2, 0.25) is 0 Å². The molecule has 4 heterocycles. The van der Waals surface area contributed by atoms with Crippen molar-refractivity contribution in [3.05, 3.63) is 59.2 Å². The Balaban J connectivity index is 1.19. The van der Waals surface area contributed by atoms with Gasteiger partial charge < -0.3 is 19.3 Å². The van der Waals surface area contributed by atoms with Gasteiger partial charge in [-0.1, -0.05) is 11.2 Å². The van der Waals surface area contributed by atoms with E-state index in [1.165, 1.54) is 30.6 Å². The zero-order chi connectivity index (χ0) is 24.1. The van der Waals surface area contributed by atoms with Gasteiger partial charge in [0.25, 0.3) is 0 Å². The summed E-state index contributed by atoms with van der Waals surface area (Å²) in [5.41, 5.74) is 0.541. The van der Waals surface area contributed by atoms with Crippen molar-refractivity contribution in [2.24, 2.45) is 0 Å². The van der Waals surface area contributed by atoms with Crippen LogP contribution in [-0.4, -0.2) is 44.4 Å². The number of rotatable bonds is 7. The van der Waals surface area contributed by atoms with Crippen molar-refractivity contribution in [3.63, 3.8) is 0 Å². The first-order chi connectivity index (χ1) is 17.0. The summed E-state index contributed by atoms with van der Waals surface area (Å²) in [6.07, 6.45) is 8.21. The van der Waals surface area contributed by atoms with E-state index in [9.17, 15) is 13.6 Å². The molecule has 2 aliphatic heterocycles. The molecule has 3 aromatic rings. The highest BCUT2D eigenvalue weighted by molar-refractivity contribution is 5.84. The molecular formula is C25H24F2N4O4. The van der Waals surface area contributed by atoms with Crippen molar-refractivity contribution in [1.82, 2.24) is 15.1 Å². The largest absolute Gasteiger partial charge is 0.476 e. The second-order valence-corrected chi connectivity index (χ2v) is 9.51. The van der Waals surface area contributed by atoms with E-state index in [4.69, 9.17) is 14.4 Å². The van der Waals surface area contributed by atoms with E-state index >= 15 is 0 Å². The summed E-state index contributed by atoms with van der Waals surface area (Å²) in [6.45, 7) is 0.176. The Hall–Kier alpha value is -3.40. The van der Waals surface area contributed by atoms with Crippen molar-refractivity contribution < 1.29 is 27.9 Å². The lowest BCUT2D eigenvalue weighted by atomic mass is 9.99. The Morgan fingerprint density at radius 2 is 1.80 bits per heavy atom. The molecule has 6 rings (SSSR count). The van der Waals surface area contributed by atoms with E-state index in [1.807, 2.05) is 0 Å². The predicted molar refractivity (Wildman–Crippen MR) is 120 cm³/mol. The van der Waals surface area contributed by atoms with Gasteiger partial charge in [-0.05, 0) is 50.7 Å². The first kappa shape index (κ1) is 22.1. The van der Waals surface area contributed by atoms with Crippen molar-refractivity contribution in [2.75, 3.05) is 4.90 Å². The number of piperidine rings is 1. The quantitative estimate of drug-likeness (QED) is 0.517. The van der Waals surface area contributed by atoms with Crippen LogP contribution in [-0.2, 0) is 11.3 Å². The monoisotopic (exact) mass is 482 g/mol. The fraction of sp³-hybridized carbons (Fsp3) is 0.440. The summed E-state index contributed by atoms with van der Waals surface area (Å²) in [5, 5.41) is 13.1. The number of carboxylic acid groups (broad SMARTS) is 1. The van der Waals surface area contributed by atoms with Crippen LogP contribution in [0.4, 0.5) is 14.6 Å². The number of fused-ring (bicyclic) bond motifs is 2. The van der Waals surface area contributed by atoms with Gasteiger partial charge in [0.05, 0.1) is 30.7 Å². The van der Waals surface area contributed by atoms with Crippen LogP contribution in [0.1, 0.15) is 66.3 Å². The van der Waals surface area contributed by atoms with E-state index in [2.05, 4.69) is 20.0 Å². The summed E-state index contributed by atoms with van der Waals surface area (Å²) < 4.78 is 40.9. The molecule has 3 fully saturated rings. The summed E-state index contributed by atoms with van der Waals surface area (Å²) in [5.74, 6) is -0.903. The number of anilines is 1. The number of carbonyl (C=O) groups is 1. The van der Waals surface area contributed by atoms with Gasteiger partial charge in [0, 0.05) is 23.6 Å². The molecule has 1 aliphatic carbocycles. The van der Waals surface area contributed by atoms with Crippen molar-refractivity contribution in [1.29, 1.82) is 0 Å². The summed E-state index contributed by atoms with van der Waals surface area (Å²) in [4.78, 5) is 21.6. The normalized spacial score (nSPS) is 23.6. The number of aromatic nitrogens is 3. The molecule has 0 amide bonds. The zero-order valence-corrected chi connectivity index (χ0v) is 18.9. The Kier molecular flexibility index (Phi) is 5.47. The molecule has 1 saturated carbocycles. The number of benzene rings is 1. The Morgan fingerprint density at radius 1 is 1.09 bits per heavy atom. The van der Waals surface area contributed by atoms with E-state index < -0.39 is 17.6 Å². The SMILES string of the molecule is O=C(O)c1cnc(N2C3CCC2CC(OCc2c(-c4c(F)cccc4F)noc2C2CC2)C3)cn1. The maximum atomic E-state index is 14.5. The average Bonchev–Trinajstić information content (AvgIpc) is 3.55. The molecule has 2 saturated heterocycles. The van der Waals surface area contributed by atoms with Crippen LogP contribution in [0.5, 0.6) is 0 Å².